The van der Waals surface area contributed by atoms with E-state index in [0.717, 1.165) is 5.56 Å². The molecular formula is C11H17NO. The van der Waals surface area contributed by atoms with Crippen LogP contribution in [0, 0.1) is 5.92 Å². The highest BCUT2D eigenvalue weighted by Crippen LogP contribution is 2.19. The van der Waals surface area contributed by atoms with Crippen LogP contribution in [0.15, 0.2) is 30.3 Å². The van der Waals surface area contributed by atoms with E-state index >= 15 is 0 Å². The molecule has 72 valence electrons. The van der Waals surface area contributed by atoms with E-state index in [0.29, 0.717) is 0 Å². The normalized spacial score (nSPS) is 15.8. The van der Waals surface area contributed by atoms with Gasteiger partial charge in [-0.05, 0) is 11.5 Å². The summed E-state index contributed by atoms with van der Waals surface area (Å²) < 4.78 is 0. The monoisotopic (exact) mass is 179 g/mol. The maximum atomic E-state index is 9.83. The lowest BCUT2D eigenvalue weighted by Gasteiger charge is -2.22. The Balaban J connectivity index is 2.73. The van der Waals surface area contributed by atoms with Crippen molar-refractivity contribution < 1.29 is 5.11 Å². The Bertz CT molecular complexity index is 246. The van der Waals surface area contributed by atoms with Gasteiger partial charge >= 0.3 is 0 Å². The molecule has 0 radical (unpaired) electrons. The number of nitrogens with two attached hydrogens (primary N) is 1. The molecule has 3 N–H and O–H groups in total. The van der Waals surface area contributed by atoms with Crippen LogP contribution in [-0.2, 0) is 0 Å². The van der Waals surface area contributed by atoms with Gasteiger partial charge in [-0.25, -0.2) is 0 Å². The van der Waals surface area contributed by atoms with Crippen molar-refractivity contribution in [3.05, 3.63) is 35.9 Å². The van der Waals surface area contributed by atoms with Crippen molar-refractivity contribution in [2.75, 3.05) is 0 Å². The maximum Gasteiger partial charge on any atom is 0.0943 e. The van der Waals surface area contributed by atoms with Gasteiger partial charge in [0.25, 0.3) is 0 Å². The van der Waals surface area contributed by atoms with Gasteiger partial charge in [0.1, 0.15) is 0 Å². The topological polar surface area (TPSA) is 46.2 Å². The van der Waals surface area contributed by atoms with Crippen LogP contribution in [0.3, 0.4) is 0 Å². The summed E-state index contributed by atoms with van der Waals surface area (Å²) in [7, 11) is 0. The highest BCUT2D eigenvalue weighted by molar-refractivity contribution is 5.18. The highest BCUT2D eigenvalue weighted by atomic mass is 16.3. The van der Waals surface area contributed by atoms with E-state index in [1.165, 1.54) is 0 Å². The third-order valence-electron chi connectivity index (χ3n) is 2.28. The molecule has 2 heteroatoms. The molecule has 13 heavy (non-hydrogen) atoms. The summed E-state index contributed by atoms with van der Waals surface area (Å²) in [6.07, 6.45) is -0.554. The number of hydrogen-bond acceptors (Lipinski definition) is 2. The Kier molecular flexibility index (Phi) is 3.46. The summed E-state index contributed by atoms with van der Waals surface area (Å²) in [4.78, 5) is 0. The SMILES string of the molecule is CC(C)[C@@H](N)[C@H](O)c1ccccc1. The molecule has 2 atom stereocenters. The number of aliphatic hydroxyl groups excluding tert-OH is 1. The largest absolute Gasteiger partial charge is 0.387 e. The summed E-state index contributed by atoms with van der Waals surface area (Å²) in [6.45, 7) is 4.02. The van der Waals surface area contributed by atoms with Crippen LogP contribution >= 0.6 is 0 Å². The smallest absolute Gasteiger partial charge is 0.0943 e. The standard InChI is InChI=1S/C11H17NO/c1-8(2)10(12)11(13)9-6-4-3-5-7-9/h3-8,10-11,13H,12H2,1-2H3/t10-,11-/m1/s1. The Morgan fingerprint density at radius 1 is 1.15 bits per heavy atom. The number of hydrogen-bond donors (Lipinski definition) is 2. The van der Waals surface area contributed by atoms with Crippen LogP contribution in [0.2, 0.25) is 0 Å². The van der Waals surface area contributed by atoms with Crippen molar-refractivity contribution in [3.8, 4) is 0 Å². The van der Waals surface area contributed by atoms with E-state index in [9.17, 15) is 5.11 Å². The Morgan fingerprint density at radius 3 is 2.15 bits per heavy atom. The van der Waals surface area contributed by atoms with Crippen LogP contribution in [0.1, 0.15) is 25.5 Å². The first-order chi connectivity index (χ1) is 6.13. The molecule has 0 fully saturated rings. The van der Waals surface area contributed by atoms with Crippen molar-refractivity contribution in [2.24, 2.45) is 11.7 Å². The van der Waals surface area contributed by atoms with Crippen molar-refractivity contribution in [3.63, 3.8) is 0 Å². The third kappa shape index (κ3) is 2.54. The second-order valence-electron chi connectivity index (χ2n) is 3.68. The summed E-state index contributed by atoms with van der Waals surface area (Å²) in [5, 5.41) is 9.83. The van der Waals surface area contributed by atoms with Gasteiger partial charge in [-0.15, -0.1) is 0 Å². The van der Waals surface area contributed by atoms with Gasteiger partial charge in [-0.3, -0.25) is 0 Å². The van der Waals surface area contributed by atoms with Crippen LogP contribution in [0.5, 0.6) is 0 Å². The number of rotatable bonds is 3. The van der Waals surface area contributed by atoms with E-state index in [2.05, 4.69) is 0 Å². The minimum atomic E-state index is -0.554. The number of benzene rings is 1. The molecule has 1 aromatic rings. The molecule has 0 unspecified atom stereocenters. The minimum Gasteiger partial charge on any atom is -0.387 e. The van der Waals surface area contributed by atoms with Gasteiger partial charge in [0.05, 0.1) is 6.10 Å². The zero-order chi connectivity index (χ0) is 9.84. The average Bonchev–Trinajstić information content (AvgIpc) is 2.17. The molecule has 0 aliphatic rings. The van der Waals surface area contributed by atoms with Gasteiger partial charge in [-0.1, -0.05) is 44.2 Å². The highest BCUT2D eigenvalue weighted by Gasteiger charge is 2.19. The van der Waals surface area contributed by atoms with Crippen LogP contribution < -0.4 is 5.73 Å². The van der Waals surface area contributed by atoms with E-state index in [-0.39, 0.29) is 12.0 Å². The van der Waals surface area contributed by atoms with E-state index in [4.69, 9.17) is 5.73 Å². The fraction of sp³-hybridized carbons (Fsp3) is 0.455. The summed E-state index contributed by atoms with van der Waals surface area (Å²) in [5.74, 6) is 0.287. The van der Waals surface area contributed by atoms with Crippen LogP contribution in [-0.4, -0.2) is 11.1 Å². The fourth-order valence-electron chi connectivity index (χ4n) is 1.24. The van der Waals surface area contributed by atoms with Crippen molar-refractivity contribution in [1.82, 2.24) is 0 Å². The summed E-state index contributed by atoms with van der Waals surface area (Å²) in [5.41, 5.74) is 6.73. The van der Waals surface area contributed by atoms with Gasteiger partial charge in [0.15, 0.2) is 0 Å². The van der Waals surface area contributed by atoms with E-state index in [1.54, 1.807) is 0 Å². The molecule has 0 bridgehead atoms. The minimum absolute atomic E-state index is 0.192. The van der Waals surface area contributed by atoms with Gasteiger partial charge in [-0.2, -0.15) is 0 Å². The fourth-order valence-corrected chi connectivity index (χ4v) is 1.24. The molecule has 0 amide bonds. The molecule has 0 aliphatic heterocycles. The van der Waals surface area contributed by atoms with E-state index in [1.807, 2.05) is 44.2 Å². The summed E-state index contributed by atoms with van der Waals surface area (Å²) >= 11 is 0. The lowest BCUT2D eigenvalue weighted by atomic mass is 9.94. The number of aliphatic hydroxyl groups is 1. The molecule has 0 spiro atoms. The molecule has 2 nitrogen and oxygen atoms in total. The molecule has 0 saturated heterocycles. The first-order valence-electron chi connectivity index (χ1n) is 4.61. The van der Waals surface area contributed by atoms with Gasteiger partial charge in [0, 0.05) is 6.04 Å². The first kappa shape index (κ1) is 10.2. The lowest BCUT2D eigenvalue weighted by Crippen LogP contribution is -2.33. The molecule has 0 heterocycles. The van der Waals surface area contributed by atoms with Crippen molar-refractivity contribution in [1.29, 1.82) is 0 Å². The first-order valence-corrected chi connectivity index (χ1v) is 4.61. The molecule has 1 aromatic carbocycles. The summed E-state index contributed by atoms with van der Waals surface area (Å²) in [6, 6.07) is 9.34. The Morgan fingerprint density at radius 2 is 1.69 bits per heavy atom. The zero-order valence-electron chi connectivity index (χ0n) is 8.14. The van der Waals surface area contributed by atoms with Gasteiger partial charge in [0.2, 0.25) is 0 Å². The second kappa shape index (κ2) is 4.40. The van der Waals surface area contributed by atoms with Crippen molar-refractivity contribution >= 4 is 0 Å². The average molecular weight is 179 g/mol. The Labute approximate surface area is 79.4 Å². The lowest BCUT2D eigenvalue weighted by molar-refractivity contribution is 0.126. The molecule has 0 saturated carbocycles. The Hall–Kier alpha value is -0.860. The molecule has 1 rings (SSSR count). The third-order valence-corrected chi connectivity index (χ3v) is 2.28. The molecule has 0 aromatic heterocycles. The van der Waals surface area contributed by atoms with Crippen LogP contribution in [0.4, 0.5) is 0 Å². The molecule has 0 aliphatic carbocycles. The zero-order valence-corrected chi connectivity index (χ0v) is 8.14. The second-order valence-corrected chi connectivity index (χ2v) is 3.68. The van der Waals surface area contributed by atoms with Crippen molar-refractivity contribution in [2.45, 2.75) is 26.0 Å². The van der Waals surface area contributed by atoms with E-state index < -0.39 is 6.10 Å². The predicted molar refractivity (Wildman–Crippen MR) is 54.2 cm³/mol. The maximum absolute atomic E-state index is 9.83. The quantitative estimate of drug-likeness (QED) is 0.742. The molecular weight excluding hydrogens is 162 g/mol. The predicted octanol–water partition coefficient (Wildman–Crippen LogP) is 1.70. The van der Waals surface area contributed by atoms with Gasteiger partial charge < -0.3 is 10.8 Å². The van der Waals surface area contributed by atoms with Crippen LogP contribution in [0.25, 0.3) is 0 Å².